The Morgan fingerprint density at radius 1 is 1.15 bits per heavy atom. The minimum atomic E-state index is 0.00283. The molecule has 0 aliphatic heterocycles. The van der Waals surface area contributed by atoms with Gasteiger partial charge >= 0.3 is 0 Å². The molecule has 108 valence electrons. The van der Waals surface area contributed by atoms with Gasteiger partial charge in [0.25, 0.3) is 0 Å². The molecule has 20 heavy (non-hydrogen) atoms. The molecule has 0 radical (unpaired) electrons. The van der Waals surface area contributed by atoms with Crippen molar-refractivity contribution < 1.29 is 9.47 Å². The van der Waals surface area contributed by atoms with Crippen molar-refractivity contribution in [1.82, 2.24) is 0 Å². The number of halogens is 1. The second-order valence-electron chi connectivity index (χ2n) is 4.52. The number of benzene rings is 1. The number of ether oxygens (including phenoxy) is 2. The van der Waals surface area contributed by atoms with E-state index >= 15 is 0 Å². The van der Waals surface area contributed by atoms with Crippen molar-refractivity contribution in [2.24, 2.45) is 0 Å². The van der Waals surface area contributed by atoms with Gasteiger partial charge in [-0.3, -0.25) is 0 Å². The number of methoxy groups -OCH3 is 2. The molecule has 0 saturated heterocycles. The first kappa shape index (κ1) is 15.2. The van der Waals surface area contributed by atoms with E-state index in [0.717, 1.165) is 29.9 Å². The number of alkyl halides is 1. The SMILES string of the molecule is CCc1ccsc1C(Cl)Cc1ccc(OC)c(OC)c1. The lowest BCUT2D eigenvalue weighted by Gasteiger charge is -2.13. The van der Waals surface area contributed by atoms with Gasteiger partial charge in [-0.1, -0.05) is 13.0 Å². The van der Waals surface area contributed by atoms with Gasteiger partial charge in [0.1, 0.15) is 0 Å². The molecular formula is C16H19ClO2S. The first-order valence-corrected chi connectivity index (χ1v) is 7.92. The molecule has 1 aromatic heterocycles. The van der Waals surface area contributed by atoms with Crippen LogP contribution in [0.3, 0.4) is 0 Å². The summed E-state index contributed by atoms with van der Waals surface area (Å²) in [6.07, 6.45) is 1.81. The van der Waals surface area contributed by atoms with Gasteiger partial charge in [-0.2, -0.15) is 0 Å². The van der Waals surface area contributed by atoms with E-state index in [1.807, 2.05) is 18.2 Å². The molecule has 1 unspecified atom stereocenters. The van der Waals surface area contributed by atoms with Crippen LogP contribution in [0.15, 0.2) is 29.6 Å². The van der Waals surface area contributed by atoms with Crippen LogP contribution in [0.1, 0.15) is 28.3 Å². The number of hydrogen-bond donors (Lipinski definition) is 0. The topological polar surface area (TPSA) is 18.5 Å². The van der Waals surface area contributed by atoms with Crippen molar-refractivity contribution in [2.75, 3.05) is 14.2 Å². The zero-order valence-electron chi connectivity index (χ0n) is 12.0. The second kappa shape index (κ2) is 7.00. The second-order valence-corrected chi connectivity index (χ2v) is 6.00. The Bertz CT molecular complexity index is 565. The van der Waals surface area contributed by atoms with Gasteiger partial charge < -0.3 is 9.47 Å². The van der Waals surface area contributed by atoms with E-state index in [-0.39, 0.29) is 5.38 Å². The minimum absolute atomic E-state index is 0.00283. The molecule has 0 N–H and O–H groups in total. The van der Waals surface area contributed by atoms with E-state index < -0.39 is 0 Å². The van der Waals surface area contributed by atoms with E-state index in [2.05, 4.69) is 18.4 Å². The van der Waals surface area contributed by atoms with Crippen LogP contribution >= 0.6 is 22.9 Å². The molecule has 0 bridgehead atoms. The van der Waals surface area contributed by atoms with Gasteiger partial charge in [-0.25, -0.2) is 0 Å². The van der Waals surface area contributed by atoms with Gasteiger partial charge in [-0.05, 0) is 47.5 Å². The van der Waals surface area contributed by atoms with Crippen LogP contribution in [0.2, 0.25) is 0 Å². The van der Waals surface area contributed by atoms with E-state index in [0.29, 0.717) is 0 Å². The average Bonchev–Trinajstić information content (AvgIpc) is 2.95. The highest BCUT2D eigenvalue weighted by Crippen LogP contribution is 2.35. The van der Waals surface area contributed by atoms with Crippen LogP contribution in [0.4, 0.5) is 0 Å². The predicted molar refractivity (Wildman–Crippen MR) is 85.5 cm³/mol. The fourth-order valence-electron chi connectivity index (χ4n) is 2.22. The summed E-state index contributed by atoms with van der Waals surface area (Å²) < 4.78 is 10.6. The van der Waals surface area contributed by atoms with Crippen molar-refractivity contribution in [2.45, 2.75) is 25.1 Å². The Labute approximate surface area is 129 Å². The van der Waals surface area contributed by atoms with Crippen LogP contribution in [0.5, 0.6) is 11.5 Å². The highest BCUT2D eigenvalue weighted by Gasteiger charge is 2.15. The third-order valence-electron chi connectivity index (χ3n) is 3.31. The third kappa shape index (κ3) is 3.28. The first-order chi connectivity index (χ1) is 9.69. The summed E-state index contributed by atoms with van der Waals surface area (Å²) in [5.41, 5.74) is 2.49. The smallest absolute Gasteiger partial charge is 0.160 e. The number of thiophene rings is 1. The maximum atomic E-state index is 6.57. The minimum Gasteiger partial charge on any atom is -0.493 e. The Morgan fingerprint density at radius 2 is 1.90 bits per heavy atom. The quantitative estimate of drug-likeness (QED) is 0.710. The molecule has 2 aromatic rings. The number of aryl methyl sites for hydroxylation is 1. The molecule has 0 aliphatic rings. The number of rotatable bonds is 6. The summed E-state index contributed by atoms with van der Waals surface area (Å²) in [4.78, 5) is 1.27. The van der Waals surface area contributed by atoms with Gasteiger partial charge in [-0.15, -0.1) is 22.9 Å². The molecule has 0 fully saturated rings. The monoisotopic (exact) mass is 310 g/mol. The molecule has 0 amide bonds. The first-order valence-electron chi connectivity index (χ1n) is 6.60. The van der Waals surface area contributed by atoms with Crippen LogP contribution in [0.25, 0.3) is 0 Å². The maximum absolute atomic E-state index is 6.57. The molecule has 2 nitrogen and oxygen atoms in total. The lowest BCUT2D eigenvalue weighted by atomic mass is 10.1. The Kier molecular flexibility index (Phi) is 5.32. The summed E-state index contributed by atoms with van der Waals surface area (Å²) in [5, 5.41) is 2.11. The summed E-state index contributed by atoms with van der Waals surface area (Å²) in [5.74, 6) is 1.49. The highest BCUT2D eigenvalue weighted by atomic mass is 35.5. The maximum Gasteiger partial charge on any atom is 0.160 e. The van der Waals surface area contributed by atoms with Crippen molar-refractivity contribution in [1.29, 1.82) is 0 Å². The zero-order chi connectivity index (χ0) is 14.5. The summed E-state index contributed by atoms with van der Waals surface area (Å²) >= 11 is 8.30. The van der Waals surface area contributed by atoms with Crippen molar-refractivity contribution in [3.63, 3.8) is 0 Å². The molecule has 1 aromatic carbocycles. The summed E-state index contributed by atoms with van der Waals surface area (Å²) in [7, 11) is 3.29. The van der Waals surface area contributed by atoms with Gasteiger partial charge in [0, 0.05) is 4.88 Å². The largest absolute Gasteiger partial charge is 0.493 e. The molecule has 0 aliphatic carbocycles. The Hall–Kier alpha value is -1.19. The Balaban J connectivity index is 2.17. The lowest BCUT2D eigenvalue weighted by Crippen LogP contribution is -1.98. The third-order valence-corrected chi connectivity index (χ3v) is 4.88. The fraction of sp³-hybridized carbons (Fsp3) is 0.375. The van der Waals surface area contributed by atoms with Crippen LogP contribution in [-0.4, -0.2) is 14.2 Å². The van der Waals surface area contributed by atoms with Gasteiger partial charge in [0.15, 0.2) is 11.5 Å². The Morgan fingerprint density at radius 3 is 2.55 bits per heavy atom. The number of hydrogen-bond acceptors (Lipinski definition) is 3. The fourth-order valence-corrected chi connectivity index (χ4v) is 3.67. The van der Waals surface area contributed by atoms with Crippen molar-refractivity contribution in [3.8, 4) is 11.5 Å². The van der Waals surface area contributed by atoms with E-state index in [9.17, 15) is 0 Å². The zero-order valence-corrected chi connectivity index (χ0v) is 13.6. The van der Waals surface area contributed by atoms with Crippen molar-refractivity contribution in [3.05, 3.63) is 45.6 Å². The van der Waals surface area contributed by atoms with Crippen LogP contribution in [-0.2, 0) is 12.8 Å². The molecular weight excluding hydrogens is 292 g/mol. The van der Waals surface area contributed by atoms with Gasteiger partial charge in [0.2, 0.25) is 0 Å². The van der Waals surface area contributed by atoms with E-state index in [1.165, 1.54) is 10.4 Å². The van der Waals surface area contributed by atoms with Gasteiger partial charge in [0.05, 0.1) is 19.6 Å². The predicted octanol–water partition coefficient (Wildman–Crippen LogP) is 4.85. The van der Waals surface area contributed by atoms with E-state index in [4.69, 9.17) is 21.1 Å². The molecule has 1 heterocycles. The van der Waals surface area contributed by atoms with Crippen LogP contribution < -0.4 is 9.47 Å². The average molecular weight is 311 g/mol. The summed E-state index contributed by atoms with van der Waals surface area (Å²) in [6, 6.07) is 8.11. The molecule has 2 rings (SSSR count). The standard InChI is InChI=1S/C16H19ClO2S/c1-4-12-7-8-20-16(12)13(17)9-11-5-6-14(18-2)15(10-11)19-3/h5-8,10,13H,4,9H2,1-3H3. The molecule has 0 saturated carbocycles. The molecule has 1 atom stereocenters. The lowest BCUT2D eigenvalue weighted by molar-refractivity contribution is 0.354. The van der Waals surface area contributed by atoms with E-state index in [1.54, 1.807) is 25.6 Å². The normalized spacial score (nSPS) is 12.2. The summed E-state index contributed by atoms with van der Waals surface area (Å²) in [6.45, 7) is 2.16. The highest BCUT2D eigenvalue weighted by molar-refractivity contribution is 7.10. The molecule has 4 heteroatoms. The van der Waals surface area contributed by atoms with Crippen LogP contribution in [0, 0.1) is 0 Å². The molecule has 0 spiro atoms. The van der Waals surface area contributed by atoms with Crippen molar-refractivity contribution >= 4 is 22.9 Å².